The van der Waals surface area contributed by atoms with Gasteiger partial charge in [0.15, 0.2) is 0 Å². The predicted molar refractivity (Wildman–Crippen MR) is 87.3 cm³/mol. The van der Waals surface area contributed by atoms with Crippen molar-refractivity contribution in [2.75, 3.05) is 37.8 Å². The van der Waals surface area contributed by atoms with Crippen LogP contribution in [0.25, 0.3) is 0 Å². The van der Waals surface area contributed by atoms with E-state index < -0.39 is 0 Å². The predicted octanol–water partition coefficient (Wildman–Crippen LogP) is 1.49. The average molecular weight is 319 g/mol. The summed E-state index contributed by atoms with van der Waals surface area (Å²) in [6, 6.07) is 4.04. The zero-order valence-corrected chi connectivity index (χ0v) is 13.5. The van der Waals surface area contributed by atoms with Gasteiger partial charge in [0, 0.05) is 38.9 Å². The number of nitrogens with one attached hydrogen (secondary N) is 1. The molecule has 2 fully saturated rings. The molecular formula is C17H25N3O3. The first kappa shape index (κ1) is 16.2. The second-order valence-electron chi connectivity index (χ2n) is 6.07. The molecule has 2 saturated heterocycles. The molecule has 0 aromatic carbocycles. The molecule has 1 amide bonds. The minimum atomic E-state index is 0.0813. The van der Waals surface area contributed by atoms with Gasteiger partial charge in [-0.1, -0.05) is 6.07 Å². The molecule has 0 saturated carbocycles. The van der Waals surface area contributed by atoms with Crippen molar-refractivity contribution in [1.82, 2.24) is 10.3 Å². The first-order valence-corrected chi connectivity index (χ1v) is 8.47. The van der Waals surface area contributed by atoms with Crippen molar-refractivity contribution in [3.05, 3.63) is 23.9 Å². The van der Waals surface area contributed by atoms with Gasteiger partial charge in [-0.15, -0.1) is 0 Å². The molecule has 0 aliphatic carbocycles. The third-order valence-corrected chi connectivity index (χ3v) is 4.35. The second-order valence-corrected chi connectivity index (χ2v) is 6.07. The van der Waals surface area contributed by atoms with Crippen molar-refractivity contribution >= 4 is 11.7 Å². The van der Waals surface area contributed by atoms with Gasteiger partial charge in [-0.05, 0) is 30.9 Å². The van der Waals surface area contributed by atoms with Crippen LogP contribution in [0.4, 0.5) is 5.82 Å². The van der Waals surface area contributed by atoms with Crippen LogP contribution >= 0.6 is 0 Å². The maximum absolute atomic E-state index is 11.9. The second kappa shape index (κ2) is 8.26. The lowest BCUT2D eigenvalue weighted by Crippen LogP contribution is -2.36. The van der Waals surface area contributed by atoms with Crippen LogP contribution in [0.5, 0.6) is 0 Å². The molecule has 1 atom stereocenters. The molecule has 2 aliphatic heterocycles. The average Bonchev–Trinajstić information content (AvgIpc) is 3.13. The van der Waals surface area contributed by atoms with E-state index in [1.54, 1.807) is 0 Å². The molecule has 0 unspecified atom stereocenters. The minimum absolute atomic E-state index is 0.0813. The molecule has 23 heavy (non-hydrogen) atoms. The Morgan fingerprint density at radius 3 is 2.87 bits per heavy atom. The first-order chi connectivity index (χ1) is 11.3. The molecule has 0 spiro atoms. The SMILES string of the molecule is O=C(CC[C@H]1CCCO1)NCc1ccc(N2CCOCC2)nc1. The molecule has 2 aliphatic rings. The standard InChI is InChI=1S/C17H25N3O3/c21-17(6-4-15-2-1-9-23-15)19-13-14-3-5-16(18-12-14)20-7-10-22-11-8-20/h3,5,12,15H,1-2,4,6-11,13H2,(H,19,21)/t15-/m1/s1. The number of hydrogen-bond acceptors (Lipinski definition) is 5. The number of rotatable bonds is 6. The number of morpholine rings is 1. The van der Waals surface area contributed by atoms with Crippen molar-refractivity contribution in [1.29, 1.82) is 0 Å². The van der Waals surface area contributed by atoms with Crippen LogP contribution in [0.2, 0.25) is 0 Å². The molecular weight excluding hydrogens is 294 g/mol. The van der Waals surface area contributed by atoms with E-state index in [1.807, 2.05) is 18.3 Å². The maximum atomic E-state index is 11.9. The number of anilines is 1. The summed E-state index contributed by atoms with van der Waals surface area (Å²) in [7, 11) is 0. The van der Waals surface area contributed by atoms with Crippen molar-refractivity contribution in [2.45, 2.75) is 38.3 Å². The molecule has 0 bridgehead atoms. The van der Waals surface area contributed by atoms with Gasteiger partial charge in [0.25, 0.3) is 0 Å². The van der Waals surface area contributed by atoms with Crippen LogP contribution in [-0.4, -0.2) is 49.9 Å². The topological polar surface area (TPSA) is 63.7 Å². The number of amides is 1. The van der Waals surface area contributed by atoms with Crippen LogP contribution < -0.4 is 10.2 Å². The van der Waals surface area contributed by atoms with Crippen LogP contribution in [0, 0.1) is 0 Å². The Kier molecular flexibility index (Phi) is 5.82. The van der Waals surface area contributed by atoms with Gasteiger partial charge in [0.05, 0.1) is 19.3 Å². The van der Waals surface area contributed by atoms with Crippen molar-refractivity contribution in [3.63, 3.8) is 0 Å². The molecule has 3 rings (SSSR count). The molecule has 1 aromatic rings. The zero-order chi connectivity index (χ0) is 15.9. The summed E-state index contributed by atoms with van der Waals surface area (Å²) < 4.78 is 10.9. The highest BCUT2D eigenvalue weighted by molar-refractivity contribution is 5.75. The highest BCUT2D eigenvalue weighted by Crippen LogP contribution is 2.17. The minimum Gasteiger partial charge on any atom is -0.378 e. The summed E-state index contributed by atoms with van der Waals surface area (Å²) in [6.07, 6.45) is 5.67. The van der Waals surface area contributed by atoms with Crippen molar-refractivity contribution in [2.24, 2.45) is 0 Å². The van der Waals surface area contributed by atoms with Gasteiger partial charge in [0.2, 0.25) is 5.91 Å². The molecule has 3 heterocycles. The van der Waals surface area contributed by atoms with Crippen LogP contribution in [0.15, 0.2) is 18.3 Å². The summed E-state index contributed by atoms with van der Waals surface area (Å²) in [6.45, 7) is 4.64. The van der Waals surface area contributed by atoms with Gasteiger partial charge in [-0.2, -0.15) is 0 Å². The molecule has 126 valence electrons. The van der Waals surface area contributed by atoms with Gasteiger partial charge in [0.1, 0.15) is 5.82 Å². The molecule has 6 heteroatoms. The van der Waals surface area contributed by atoms with Gasteiger partial charge < -0.3 is 19.7 Å². The number of hydrogen-bond donors (Lipinski definition) is 1. The number of aromatic nitrogens is 1. The Morgan fingerprint density at radius 2 is 2.17 bits per heavy atom. The van der Waals surface area contributed by atoms with Gasteiger partial charge in [-0.3, -0.25) is 4.79 Å². The van der Waals surface area contributed by atoms with Gasteiger partial charge in [-0.25, -0.2) is 4.98 Å². The molecule has 1 aromatic heterocycles. The number of pyridine rings is 1. The summed E-state index contributed by atoms with van der Waals surface area (Å²) in [5.74, 6) is 1.06. The van der Waals surface area contributed by atoms with E-state index in [2.05, 4.69) is 15.2 Å². The largest absolute Gasteiger partial charge is 0.378 e. The number of nitrogens with zero attached hydrogens (tertiary/aromatic N) is 2. The summed E-state index contributed by atoms with van der Waals surface area (Å²) in [5, 5.41) is 2.95. The molecule has 0 radical (unpaired) electrons. The highest BCUT2D eigenvalue weighted by atomic mass is 16.5. The highest BCUT2D eigenvalue weighted by Gasteiger charge is 2.16. The Morgan fingerprint density at radius 1 is 1.30 bits per heavy atom. The zero-order valence-electron chi connectivity index (χ0n) is 13.5. The van der Waals surface area contributed by atoms with Crippen molar-refractivity contribution < 1.29 is 14.3 Å². The lowest BCUT2D eigenvalue weighted by Gasteiger charge is -2.27. The summed E-state index contributed by atoms with van der Waals surface area (Å²) in [4.78, 5) is 18.6. The Bertz CT molecular complexity index is 494. The van der Waals surface area contributed by atoms with E-state index >= 15 is 0 Å². The Hall–Kier alpha value is -1.66. The van der Waals surface area contributed by atoms with E-state index in [0.717, 1.165) is 63.6 Å². The van der Waals surface area contributed by atoms with Gasteiger partial charge >= 0.3 is 0 Å². The normalized spacial score (nSPS) is 21.4. The third kappa shape index (κ3) is 4.91. The fraction of sp³-hybridized carbons (Fsp3) is 0.647. The summed E-state index contributed by atoms with van der Waals surface area (Å²) in [5.41, 5.74) is 1.02. The van der Waals surface area contributed by atoms with E-state index in [-0.39, 0.29) is 12.0 Å². The smallest absolute Gasteiger partial charge is 0.220 e. The Labute approximate surface area is 137 Å². The van der Waals surface area contributed by atoms with E-state index in [4.69, 9.17) is 9.47 Å². The van der Waals surface area contributed by atoms with Crippen LogP contribution in [-0.2, 0) is 20.8 Å². The fourth-order valence-electron chi connectivity index (χ4n) is 2.95. The maximum Gasteiger partial charge on any atom is 0.220 e. The lowest BCUT2D eigenvalue weighted by atomic mass is 10.1. The first-order valence-electron chi connectivity index (χ1n) is 8.47. The number of carbonyl (C=O) groups is 1. The molecule has 6 nitrogen and oxygen atoms in total. The fourth-order valence-corrected chi connectivity index (χ4v) is 2.95. The van der Waals surface area contributed by atoms with Crippen LogP contribution in [0.3, 0.4) is 0 Å². The van der Waals surface area contributed by atoms with E-state index in [9.17, 15) is 4.79 Å². The lowest BCUT2D eigenvalue weighted by molar-refractivity contribution is -0.121. The molecule has 1 N–H and O–H groups in total. The third-order valence-electron chi connectivity index (χ3n) is 4.35. The summed E-state index contributed by atoms with van der Waals surface area (Å²) >= 11 is 0. The van der Waals surface area contributed by atoms with Crippen molar-refractivity contribution in [3.8, 4) is 0 Å². The Balaban J connectivity index is 1.40. The number of carbonyl (C=O) groups excluding carboxylic acids is 1. The van der Waals surface area contributed by atoms with Crippen LogP contribution in [0.1, 0.15) is 31.2 Å². The van der Waals surface area contributed by atoms with E-state index in [1.165, 1.54) is 0 Å². The van der Waals surface area contributed by atoms with E-state index in [0.29, 0.717) is 13.0 Å². The monoisotopic (exact) mass is 319 g/mol. The quantitative estimate of drug-likeness (QED) is 0.861. The number of ether oxygens (including phenoxy) is 2.